The molecule has 0 aliphatic carbocycles. The maximum absolute atomic E-state index is 14.9. The van der Waals surface area contributed by atoms with Crippen molar-refractivity contribution in [3.05, 3.63) is 83.8 Å². The van der Waals surface area contributed by atoms with Gasteiger partial charge < -0.3 is 22.3 Å². The van der Waals surface area contributed by atoms with Crippen LogP contribution in [0, 0.1) is 0 Å². The Morgan fingerprint density at radius 2 is 1.81 bits per heavy atom. The molecule has 2 aliphatic rings. The molecule has 0 bridgehead atoms. The van der Waals surface area contributed by atoms with Gasteiger partial charge in [-0.25, -0.2) is 0 Å². The minimum atomic E-state index is -3.88. The third-order valence-corrected chi connectivity index (χ3v) is 5.11. The lowest BCUT2D eigenvalue weighted by Gasteiger charge is -2.31. The molecule has 1 aromatic heterocycles. The largest absolute Gasteiger partial charge is 0.737 e. The number of methoxy groups -OCH3 is 1. The van der Waals surface area contributed by atoms with Gasteiger partial charge in [0.2, 0.25) is 0 Å². The van der Waals surface area contributed by atoms with Crippen LogP contribution in [0.5, 0.6) is 5.75 Å². The van der Waals surface area contributed by atoms with Crippen molar-refractivity contribution in [2.24, 2.45) is 0 Å². The van der Waals surface area contributed by atoms with Gasteiger partial charge in [0.15, 0.2) is 5.70 Å². The topological polar surface area (TPSA) is 17.2 Å². The Balaban J connectivity index is 1.89. The van der Waals surface area contributed by atoms with E-state index < -0.39 is 6.97 Å². The first-order valence-electron chi connectivity index (χ1n) is 8.43. The number of nitrogens with zero attached hydrogens (tertiary/aromatic N) is 2. The van der Waals surface area contributed by atoms with Gasteiger partial charge in [-0.15, -0.1) is 0 Å². The summed E-state index contributed by atoms with van der Waals surface area (Å²) in [7, 11) is 1.63. The van der Waals surface area contributed by atoms with Gasteiger partial charge in [-0.3, -0.25) is 0 Å². The molecule has 5 rings (SSSR count). The number of halogens is 2. The summed E-state index contributed by atoms with van der Waals surface area (Å²) < 4.78 is 37.5. The first kappa shape index (κ1) is 15.1. The molecule has 0 amide bonds. The fourth-order valence-corrected chi connectivity index (χ4v) is 3.96. The van der Waals surface area contributed by atoms with E-state index in [0.29, 0.717) is 11.4 Å². The number of hydrogen-bond acceptors (Lipinski definition) is 1. The van der Waals surface area contributed by atoms with E-state index in [1.165, 1.54) is 12.4 Å². The lowest BCUT2D eigenvalue weighted by molar-refractivity contribution is -0.356. The number of benzene rings is 2. The maximum Gasteiger partial charge on any atom is 0.737 e. The monoisotopic (exact) mass is 348 g/mol. The minimum Gasteiger partial charge on any atom is -0.496 e. The van der Waals surface area contributed by atoms with Crippen LogP contribution in [0.25, 0.3) is 16.3 Å². The molecule has 2 aromatic carbocycles. The molecule has 3 aromatic rings. The third-order valence-electron chi connectivity index (χ3n) is 5.11. The number of allylic oxidation sites excluding steroid dienone is 2. The summed E-state index contributed by atoms with van der Waals surface area (Å²) in [4.78, 5) is 0. The maximum atomic E-state index is 14.9. The second-order valence-electron chi connectivity index (χ2n) is 6.43. The normalized spacial score (nSPS) is 17.3. The van der Waals surface area contributed by atoms with Crippen molar-refractivity contribution in [3.8, 4) is 5.75 Å². The molecule has 3 heterocycles. The summed E-state index contributed by atoms with van der Waals surface area (Å²) in [6.45, 7) is -3.88. The van der Waals surface area contributed by atoms with Crippen LogP contribution in [0.4, 0.5) is 8.63 Å². The van der Waals surface area contributed by atoms with Gasteiger partial charge in [0.1, 0.15) is 12.0 Å². The molecule has 128 valence electrons. The van der Waals surface area contributed by atoms with E-state index in [1.807, 2.05) is 36.4 Å². The molecule has 0 fully saturated rings. The summed E-state index contributed by atoms with van der Waals surface area (Å²) >= 11 is 0. The first-order valence-corrected chi connectivity index (χ1v) is 8.43. The number of aromatic nitrogens is 1. The second kappa shape index (κ2) is 5.18. The predicted octanol–water partition coefficient (Wildman–Crippen LogP) is 4.30. The van der Waals surface area contributed by atoms with Crippen LogP contribution in [0.3, 0.4) is 0 Å². The van der Waals surface area contributed by atoms with Crippen LogP contribution in [0.15, 0.2) is 72.6 Å². The van der Waals surface area contributed by atoms with Crippen molar-refractivity contribution in [3.63, 3.8) is 0 Å². The van der Waals surface area contributed by atoms with Gasteiger partial charge in [-0.2, -0.15) is 0 Å². The number of hydrogen-bond donors (Lipinski definition) is 0. The fraction of sp³-hybridized carbons (Fsp3) is 0.0500. The molecular formula is C20H15BF2N2O. The van der Waals surface area contributed by atoms with Gasteiger partial charge in [-0.05, 0) is 41.4 Å². The van der Waals surface area contributed by atoms with E-state index >= 15 is 0 Å². The number of ether oxygens (including phenoxy) is 1. The van der Waals surface area contributed by atoms with E-state index in [9.17, 15) is 8.63 Å². The van der Waals surface area contributed by atoms with Crippen LogP contribution in [-0.4, -0.2) is 29.3 Å². The van der Waals surface area contributed by atoms with Gasteiger partial charge in [0, 0.05) is 23.2 Å². The average molecular weight is 348 g/mol. The van der Waals surface area contributed by atoms with Crippen molar-refractivity contribution in [1.82, 2.24) is 4.48 Å². The van der Waals surface area contributed by atoms with E-state index in [-0.39, 0.29) is 0 Å². The van der Waals surface area contributed by atoms with E-state index in [2.05, 4.69) is 0 Å². The zero-order chi connectivity index (χ0) is 17.9. The molecule has 26 heavy (non-hydrogen) atoms. The summed E-state index contributed by atoms with van der Waals surface area (Å²) in [5.74, 6) is 0.765. The van der Waals surface area contributed by atoms with Gasteiger partial charge in [0.25, 0.3) is 0 Å². The zero-order valence-electron chi connectivity index (χ0n) is 14.1. The average Bonchev–Trinajstić information content (AvgIpc) is 3.32. The minimum absolute atomic E-state index is 0.525. The highest BCUT2D eigenvalue weighted by atomic mass is 19.2. The Morgan fingerprint density at radius 3 is 2.62 bits per heavy atom. The molecule has 3 nitrogen and oxygen atoms in total. The predicted molar refractivity (Wildman–Crippen MR) is 99.8 cm³/mol. The van der Waals surface area contributed by atoms with Gasteiger partial charge in [-0.1, -0.05) is 24.3 Å². The number of rotatable bonds is 2. The molecule has 0 spiro atoms. The molecule has 0 unspecified atom stereocenters. The Kier molecular flexibility index (Phi) is 3.01. The van der Waals surface area contributed by atoms with E-state index in [0.717, 1.165) is 36.6 Å². The quantitative estimate of drug-likeness (QED) is 0.631. The fourth-order valence-electron chi connectivity index (χ4n) is 3.96. The Bertz CT molecular complexity index is 1160. The molecular weight excluding hydrogens is 333 g/mol. The van der Waals surface area contributed by atoms with Crippen LogP contribution < -0.4 is 4.74 Å². The molecule has 0 radical (unpaired) electrons. The summed E-state index contributed by atoms with van der Waals surface area (Å²) in [6.07, 6.45) is 6.32. The van der Waals surface area contributed by atoms with Crippen LogP contribution in [0.1, 0.15) is 11.3 Å². The highest BCUT2D eigenvalue weighted by Crippen LogP contribution is 2.41. The van der Waals surface area contributed by atoms with Crippen molar-refractivity contribution < 1.29 is 17.9 Å². The van der Waals surface area contributed by atoms with Crippen LogP contribution in [-0.2, 0) is 0 Å². The molecule has 0 saturated carbocycles. The SMILES string of the molecule is COc1ccc(C2=C3C=CC=[N+]3[B-](F)(F)n3cccc32)c2ccccc12. The third kappa shape index (κ3) is 1.84. The van der Waals surface area contributed by atoms with Crippen molar-refractivity contribution in [2.45, 2.75) is 0 Å². The smallest absolute Gasteiger partial charge is 0.496 e. The van der Waals surface area contributed by atoms with Crippen molar-refractivity contribution >= 4 is 29.5 Å². The van der Waals surface area contributed by atoms with Crippen molar-refractivity contribution in [1.29, 1.82) is 0 Å². The first-order chi connectivity index (χ1) is 12.6. The van der Waals surface area contributed by atoms with Gasteiger partial charge in [0.05, 0.1) is 12.7 Å². The van der Waals surface area contributed by atoms with Crippen LogP contribution >= 0.6 is 0 Å². The van der Waals surface area contributed by atoms with Gasteiger partial charge >= 0.3 is 6.97 Å². The van der Waals surface area contributed by atoms with Crippen LogP contribution in [0.2, 0.25) is 0 Å². The number of fused-ring (bicyclic) bond motifs is 3. The summed E-state index contributed by atoms with van der Waals surface area (Å²) in [5, 5.41) is 1.93. The lowest BCUT2D eigenvalue weighted by Crippen LogP contribution is -2.49. The second-order valence-corrected chi connectivity index (χ2v) is 6.43. The molecule has 0 saturated heterocycles. The lowest BCUT2D eigenvalue weighted by atomic mass is 9.85. The Labute approximate surface area is 149 Å². The highest BCUT2D eigenvalue weighted by molar-refractivity contribution is 6.57. The molecule has 0 N–H and O–H groups in total. The molecule has 6 heteroatoms. The summed E-state index contributed by atoms with van der Waals surface area (Å²) in [6, 6.07) is 15.1. The highest BCUT2D eigenvalue weighted by Gasteiger charge is 2.51. The standard InChI is InChI=1S/C20H15BF2N2O/c1-26-19-11-10-16(14-6-2-3-7-15(14)19)20-17-8-4-12-24(17)21(22,23)25-13-5-9-18(20)25/h2-13H,1H3. The Hall–Kier alpha value is -3.15. The zero-order valence-corrected chi connectivity index (χ0v) is 14.1. The van der Waals surface area contributed by atoms with E-state index in [1.54, 1.807) is 31.4 Å². The van der Waals surface area contributed by atoms with E-state index in [4.69, 9.17) is 4.74 Å². The summed E-state index contributed by atoms with van der Waals surface area (Å²) in [5.41, 5.74) is 2.76. The Morgan fingerprint density at radius 1 is 1.00 bits per heavy atom. The van der Waals surface area contributed by atoms with Crippen molar-refractivity contribution in [2.75, 3.05) is 7.11 Å². The molecule has 0 atom stereocenters. The molecule has 2 aliphatic heterocycles.